The minimum Gasteiger partial charge on any atom is -0.353 e. The van der Waals surface area contributed by atoms with Crippen molar-refractivity contribution in [1.29, 1.82) is 0 Å². The molecule has 1 aliphatic heterocycles. The number of nitrogens with zero attached hydrogens (tertiary/aromatic N) is 2. The zero-order valence-corrected chi connectivity index (χ0v) is 13.2. The van der Waals surface area contributed by atoms with Gasteiger partial charge in [-0.1, -0.05) is 24.3 Å². The standard InChI is InChI=1S/C18H25N3O/c1-21-13-9-16(10-14-21)8-12-20-18(22)7-3-2-5-17-6-4-11-19-15-17/h2-7,11,15-16H,8-10,12-14H2,1H3,(H,20,22)/b5-2+,7-3+. The van der Waals surface area contributed by atoms with Gasteiger partial charge in [0.15, 0.2) is 0 Å². The van der Waals surface area contributed by atoms with Gasteiger partial charge in [-0.05, 0) is 56.9 Å². The number of piperidine rings is 1. The summed E-state index contributed by atoms with van der Waals surface area (Å²) >= 11 is 0. The second-order valence-electron chi connectivity index (χ2n) is 5.83. The largest absolute Gasteiger partial charge is 0.353 e. The van der Waals surface area contributed by atoms with Crippen molar-refractivity contribution in [3.63, 3.8) is 0 Å². The number of nitrogens with one attached hydrogen (secondary N) is 1. The van der Waals surface area contributed by atoms with Crippen LogP contribution in [-0.4, -0.2) is 42.5 Å². The van der Waals surface area contributed by atoms with Crippen LogP contribution in [0.25, 0.3) is 6.08 Å². The molecule has 118 valence electrons. The zero-order valence-electron chi connectivity index (χ0n) is 13.2. The lowest BCUT2D eigenvalue weighted by molar-refractivity contribution is -0.116. The van der Waals surface area contributed by atoms with Crippen molar-refractivity contribution in [2.24, 2.45) is 5.92 Å². The van der Waals surface area contributed by atoms with Gasteiger partial charge in [-0.15, -0.1) is 0 Å². The third kappa shape index (κ3) is 6.22. The number of hydrogen-bond acceptors (Lipinski definition) is 3. The predicted molar refractivity (Wildman–Crippen MR) is 90.3 cm³/mol. The Labute approximate surface area is 132 Å². The van der Waals surface area contributed by atoms with Gasteiger partial charge in [-0.25, -0.2) is 0 Å². The molecule has 0 bridgehead atoms. The Hall–Kier alpha value is -1.94. The molecule has 1 saturated heterocycles. The Morgan fingerprint density at radius 2 is 2.23 bits per heavy atom. The molecule has 0 unspecified atom stereocenters. The first-order valence-electron chi connectivity index (χ1n) is 7.95. The summed E-state index contributed by atoms with van der Waals surface area (Å²) in [7, 11) is 2.17. The molecule has 1 amide bonds. The summed E-state index contributed by atoms with van der Waals surface area (Å²) < 4.78 is 0. The molecule has 1 N–H and O–H groups in total. The maximum Gasteiger partial charge on any atom is 0.243 e. The smallest absolute Gasteiger partial charge is 0.243 e. The minimum absolute atomic E-state index is 0.0243. The van der Waals surface area contributed by atoms with Gasteiger partial charge in [0.05, 0.1) is 0 Å². The molecule has 0 saturated carbocycles. The number of carbonyl (C=O) groups excluding carboxylic acids is 1. The molecule has 4 nitrogen and oxygen atoms in total. The first-order valence-corrected chi connectivity index (χ1v) is 7.95. The Morgan fingerprint density at radius 3 is 2.95 bits per heavy atom. The van der Waals surface area contributed by atoms with Crippen molar-refractivity contribution in [2.45, 2.75) is 19.3 Å². The van der Waals surface area contributed by atoms with E-state index in [-0.39, 0.29) is 5.91 Å². The number of hydrogen-bond donors (Lipinski definition) is 1. The topological polar surface area (TPSA) is 45.2 Å². The van der Waals surface area contributed by atoms with Crippen molar-refractivity contribution in [3.8, 4) is 0 Å². The summed E-state index contributed by atoms with van der Waals surface area (Å²) in [6.07, 6.45) is 14.2. The third-order valence-corrected chi connectivity index (χ3v) is 4.02. The highest BCUT2D eigenvalue weighted by molar-refractivity contribution is 5.87. The van der Waals surface area contributed by atoms with Gasteiger partial charge >= 0.3 is 0 Å². The summed E-state index contributed by atoms with van der Waals surface area (Å²) in [5, 5.41) is 2.95. The van der Waals surface area contributed by atoms with Gasteiger partial charge in [0.25, 0.3) is 0 Å². The lowest BCUT2D eigenvalue weighted by atomic mass is 9.94. The fraction of sp³-hybridized carbons (Fsp3) is 0.444. The van der Waals surface area contributed by atoms with Crippen LogP contribution < -0.4 is 5.32 Å². The van der Waals surface area contributed by atoms with Crippen LogP contribution in [0.2, 0.25) is 0 Å². The predicted octanol–water partition coefficient (Wildman–Crippen LogP) is 2.50. The summed E-state index contributed by atoms with van der Waals surface area (Å²) in [4.78, 5) is 18.1. The molecule has 1 aromatic rings. The maximum atomic E-state index is 11.7. The molecular weight excluding hydrogens is 274 g/mol. The maximum absolute atomic E-state index is 11.7. The molecule has 1 fully saturated rings. The van der Waals surface area contributed by atoms with E-state index in [1.54, 1.807) is 24.5 Å². The average Bonchev–Trinajstić information content (AvgIpc) is 2.54. The number of amides is 1. The Balaban J connectivity index is 1.61. The van der Waals surface area contributed by atoms with Crippen molar-refractivity contribution < 1.29 is 4.79 Å². The van der Waals surface area contributed by atoms with E-state index in [0.717, 1.165) is 24.4 Å². The van der Waals surface area contributed by atoms with Crippen molar-refractivity contribution in [1.82, 2.24) is 15.2 Å². The second kappa shape index (κ2) is 9.15. The average molecular weight is 299 g/mol. The lowest BCUT2D eigenvalue weighted by Gasteiger charge is -2.28. The van der Waals surface area contributed by atoms with Crippen LogP contribution in [0.3, 0.4) is 0 Å². The van der Waals surface area contributed by atoms with Crippen molar-refractivity contribution in [2.75, 3.05) is 26.7 Å². The zero-order chi connectivity index (χ0) is 15.6. The SMILES string of the molecule is CN1CCC(CCNC(=O)/C=C/C=C/c2cccnc2)CC1. The van der Waals surface area contributed by atoms with Crippen LogP contribution in [0.4, 0.5) is 0 Å². The fourth-order valence-corrected chi connectivity index (χ4v) is 2.59. The molecule has 1 aromatic heterocycles. The molecule has 22 heavy (non-hydrogen) atoms. The van der Waals surface area contributed by atoms with Crippen LogP contribution in [0.1, 0.15) is 24.8 Å². The van der Waals surface area contributed by atoms with E-state index in [4.69, 9.17) is 0 Å². The Kier molecular flexibility index (Phi) is 6.84. The first-order chi connectivity index (χ1) is 10.7. The number of likely N-dealkylation sites (tertiary alicyclic amines) is 1. The minimum atomic E-state index is -0.0243. The summed E-state index contributed by atoms with van der Waals surface area (Å²) in [5.74, 6) is 0.731. The van der Waals surface area contributed by atoms with E-state index in [1.165, 1.54) is 25.9 Å². The summed E-state index contributed by atoms with van der Waals surface area (Å²) in [6.45, 7) is 3.12. The molecular formula is C18H25N3O. The van der Waals surface area contributed by atoms with E-state index in [0.29, 0.717) is 0 Å². The molecule has 2 rings (SSSR count). The van der Waals surface area contributed by atoms with E-state index >= 15 is 0 Å². The quantitative estimate of drug-likeness (QED) is 0.648. The van der Waals surface area contributed by atoms with Gasteiger partial charge in [-0.3, -0.25) is 9.78 Å². The summed E-state index contributed by atoms with van der Waals surface area (Å²) in [6, 6.07) is 3.86. The highest BCUT2D eigenvalue weighted by atomic mass is 16.1. The van der Waals surface area contributed by atoms with Gasteiger partial charge in [0.2, 0.25) is 5.91 Å². The van der Waals surface area contributed by atoms with Crippen LogP contribution >= 0.6 is 0 Å². The van der Waals surface area contributed by atoms with Crippen molar-refractivity contribution in [3.05, 3.63) is 48.3 Å². The summed E-state index contributed by atoms with van der Waals surface area (Å²) in [5.41, 5.74) is 1.02. The molecule has 0 radical (unpaired) electrons. The molecule has 0 atom stereocenters. The van der Waals surface area contributed by atoms with Crippen LogP contribution in [-0.2, 0) is 4.79 Å². The second-order valence-corrected chi connectivity index (χ2v) is 5.83. The van der Waals surface area contributed by atoms with Crippen LogP contribution in [0.15, 0.2) is 42.8 Å². The molecule has 0 aliphatic carbocycles. The monoisotopic (exact) mass is 299 g/mol. The number of rotatable bonds is 6. The number of allylic oxidation sites excluding steroid dienone is 2. The molecule has 0 aromatic carbocycles. The van der Waals surface area contributed by atoms with Gasteiger partial charge in [0.1, 0.15) is 0 Å². The van der Waals surface area contributed by atoms with Crippen molar-refractivity contribution >= 4 is 12.0 Å². The van der Waals surface area contributed by atoms with E-state index in [1.807, 2.05) is 24.3 Å². The third-order valence-electron chi connectivity index (χ3n) is 4.02. The van der Waals surface area contributed by atoms with Crippen LogP contribution in [0, 0.1) is 5.92 Å². The van der Waals surface area contributed by atoms with E-state index < -0.39 is 0 Å². The Bertz CT molecular complexity index is 502. The molecule has 2 heterocycles. The van der Waals surface area contributed by atoms with Gasteiger partial charge in [0, 0.05) is 25.0 Å². The number of carbonyl (C=O) groups is 1. The molecule has 4 heteroatoms. The van der Waals surface area contributed by atoms with Gasteiger partial charge < -0.3 is 10.2 Å². The fourth-order valence-electron chi connectivity index (χ4n) is 2.59. The highest BCUT2D eigenvalue weighted by Crippen LogP contribution is 2.18. The number of aromatic nitrogens is 1. The van der Waals surface area contributed by atoms with Gasteiger partial charge in [-0.2, -0.15) is 0 Å². The highest BCUT2D eigenvalue weighted by Gasteiger charge is 2.15. The Morgan fingerprint density at radius 1 is 1.41 bits per heavy atom. The lowest BCUT2D eigenvalue weighted by Crippen LogP contribution is -2.32. The molecule has 1 aliphatic rings. The molecule has 0 spiro atoms. The van der Waals surface area contributed by atoms with E-state index in [2.05, 4.69) is 22.2 Å². The number of pyridine rings is 1. The normalized spacial score (nSPS) is 17.3. The van der Waals surface area contributed by atoms with E-state index in [9.17, 15) is 4.79 Å². The van der Waals surface area contributed by atoms with Crippen LogP contribution in [0.5, 0.6) is 0 Å². The first kappa shape index (κ1) is 16.4.